The second kappa shape index (κ2) is 7.32. The molecule has 0 fully saturated rings. The van der Waals surface area contributed by atoms with Crippen molar-refractivity contribution in [2.45, 2.75) is 39.2 Å². The summed E-state index contributed by atoms with van der Waals surface area (Å²) in [4.78, 5) is 12.3. The molecule has 0 radical (unpaired) electrons. The van der Waals surface area contributed by atoms with Crippen LogP contribution in [-0.4, -0.2) is 12.5 Å². The van der Waals surface area contributed by atoms with Crippen molar-refractivity contribution in [2.75, 3.05) is 6.61 Å². The van der Waals surface area contributed by atoms with Crippen molar-refractivity contribution < 1.29 is 9.53 Å². The molecule has 0 aromatic heterocycles. The maximum absolute atomic E-state index is 12.3. The van der Waals surface area contributed by atoms with Gasteiger partial charge in [0.15, 0.2) is 0 Å². The molecule has 0 atom stereocenters. The lowest BCUT2D eigenvalue weighted by molar-refractivity contribution is 0.0951. The Labute approximate surface area is 137 Å². The summed E-state index contributed by atoms with van der Waals surface area (Å²) in [6.07, 6.45) is 4.72. The third kappa shape index (κ3) is 3.92. The molecule has 1 aliphatic rings. The zero-order chi connectivity index (χ0) is 16.1. The van der Waals surface area contributed by atoms with Crippen molar-refractivity contribution in [1.82, 2.24) is 5.32 Å². The van der Waals surface area contributed by atoms with Crippen LogP contribution in [0, 0.1) is 0 Å². The number of aryl methyl sites for hydroxylation is 2. The molecule has 1 N–H and O–H groups in total. The molecule has 23 heavy (non-hydrogen) atoms. The van der Waals surface area contributed by atoms with Crippen molar-refractivity contribution in [3.63, 3.8) is 0 Å². The van der Waals surface area contributed by atoms with Gasteiger partial charge in [-0.15, -0.1) is 0 Å². The standard InChI is InChI=1S/C20H23NO2/c1-2-23-19-11-7-15(8-12-19)14-21-20(22)18-10-9-16-5-3-4-6-17(16)13-18/h7-13H,2-6,14H2,1H3,(H,21,22). The summed E-state index contributed by atoms with van der Waals surface area (Å²) in [5.74, 6) is 0.851. The molecule has 0 bridgehead atoms. The molecule has 3 heteroatoms. The molecule has 0 saturated heterocycles. The average Bonchev–Trinajstić information content (AvgIpc) is 2.60. The van der Waals surface area contributed by atoms with Gasteiger partial charge in [0, 0.05) is 12.1 Å². The van der Waals surface area contributed by atoms with E-state index >= 15 is 0 Å². The van der Waals surface area contributed by atoms with E-state index in [1.54, 1.807) is 0 Å². The lowest BCUT2D eigenvalue weighted by Crippen LogP contribution is -2.23. The van der Waals surface area contributed by atoms with Crippen LogP contribution in [0.2, 0.25) is 0 Å². The van der Waals surface area contributed by atoms with Crippen LogP contribution in [0.3, 0.4) is 0 Å². The zero-order valence-corrected chi connectivity index (χ0v) is 13.6. The van der Waals surface area contributed by atoms with E-state index in [1.807, 2.05) is 37.3 Å². The van der Waals surface area contributed by atoms with Gasteiger partial charge in [0.05, 0.1) is 6.61 Å². The monoisotopic (exact) mass is 309 g/mol. The number of nitrogens with one attached hydrogen (secondary N) is 1. The largest absolute Gasteiger partial charge is 0.494 e. The van der Waals surface area contributed by atoms with Gasteiger partial charge in [-0.1, -0.05) is 18.2 Å². The SMILES string of the molecule is CCOc1ccc(CNC(=O)c2ccc3c(c2)CCCC3)cc1. The smallest absolute Gasteiger partial charge is 0.251 e. The fourth-order valence-corrected chi connectivity index (χ4v) is 3.03. The van der Waals surface area contributed by atoms with E-state index in [1.165, 1.54) is 24.0 Å². The second-order valence-electron chi connectivity index (χ2n) is 5.95. The molecule has 1 amide bonds. The Morgan fingerprint density at radius 1 is 1.04 bits per heavy atom. The van der Waals surface area contributed by atoms with Gasteiger partial charge in [-0.05, 0) is 73.6 Å². The first kappa shape index (κ1) is 15.6. The Morgan fingerprint density at radius 3 is 2.52 bits per heavy atom. The first-order valence-corrected chi connectivity index (χ1v) is 8.38. The van der Waals surface area contributed by atoms with Crippen LogP contribution in [0.15, 0.2) is 42.5 Å². The van der Waals surface area contributed by atoms with E-state index < -0.39 is 0 Å². The van der Waals surface area contributed by atoms with Crippen molar-refractivity contribution in [2.24, 2.45) is 0 Å². The maximum atomic E-state index is 12.3. The van der Waals surface area contributed by atoms with Crippen molar-refractivity contribution in [3.8, 4) is 5.75 Å². The van der Waals surface area contributed by atoms with Gasteiger partial charge >= 0.3 is 0 Å². The van der Waals surface area contributed by atoms with Crippen LogP contribution in [0.1, 0.15) is 46.8 Å². The summed E-state index contributed by atoms with van der Waals surface area (Å²) in [5, 5.41) is 2.99. The molecule has 3 rings (SSSR count). The number of fused-ring (bicyclic) bond motifs is 1. The van der Waals surface area contributed by atoms with Gasteiger partial charge in [0.2, 0.25) is 0 Å². The van der Waals surface area contributed by atoms with Gasteiger partial charge in [0.25, 0.3) is 5.91 Å². The summed E-state index contributed by atoms with van der Waals surface area (Å²) >= 11 is 0. The number of hydrogen-bond acceptors (Lipinski definition) is 2. The van der Waals surface area contributed by atoms with Crippen LogP contribution in [-0.2, 0) is 19.4 Å². The van der Waals surface area contributed by atoms with Crippen LogP contribution in [0.5, 0.6) is 5.75 Å². The maximum Gasteiger partial charge on any atom is 0.251 e. The summed E-state index contributed by atoms with van der Waals surface area (Å²) < 4.78 is 5.42. The minimum Gasteiger partial charge on any atom is -0.494 e. The number of carbonyl (C=O) groups excluding carboxylic acids is 1. The van der Waals surface area contributed by atoms with Gasteiger partial charge < -0.3 is 10.1 Å². The fourth-order valence-electron chi connectivity index (χ4n) is 3.03. The molecule has 0 saturated carbocycles. The van der Waals surface area contributed by atoms with E-state index in [9.17, 15) is 4.79 Å². The highest BCUT2D eigenvalue weighted by atomic mass is 16.5. The molecule has 0 aliphatic heterocycles. The summed E-state index contributed by atoms with van der Waals surface area (Å²) in [6, 6.07) is 13.9. The number of benzene rings is 2. The van der Waals surface area contributed by atoms with Gasteiger partial charge in [-0.2, -0.15) is 0 Å². The summed E-state index contributed by atoms with van der Waals surface area (Å²) in [7, 11) is 0. The quantitative estimate of drug-likeness (QED) is 0.910. The molecule has 2 aromatic rings. The van der Waals surface area contributed by atoms with E-state index in [0.29, 0.717) is 13.2 Å². The molecule has 2 aromatic carbocycles. The van der Waals surface area contributed by atoms with E-state index in [4.69, 9.17) is 4.74 Å². The van der Waals surface area contributed by atoms with Gasteiger partial charge in [0.1, 0.15) is 5.75 Å². The lowest BCUT2D eigenvalue weighted by Gasteiger charge is -2.16. The fraction of sp³-hybridized carbons (Fsp3) is 0.350. The highest BCUT2D eigenvalue weighted by Crippen LogP contribution is 2.22. The van der Waals surface area contributed by atoms with Crippen molar-refractivity contribution >= 4 is 5.91 Å². The van der Waals surface area contributed by atoms with E-state index in [2.05, 4.69) is 17.4 Å². The first-order valence-electron chi connectivity index (χ1n) is 8.38. The van der Waals surface area contributed by atoms with Crippen molar-refractivity contribution in [1.29, 1.82) is 0 Å². The predicted octanol–water partition coefficient (Wildman–Crippen LogP) is 3.89. The zero-order valence-electron chi connectivity index (χ0n) is 13.6. The van der Waals surface area contributed by atoms with Crippen LogP contribution < -0.4 is 10.1 Å². The molecule has 0 heterocycles. The predicted molar refractivity (Wildman–Crippen MR) is 91.9 cm³/mol. The topological polar surface area (TPSA) is 38.3 Å². The first-order chi connectivity index (χ1) is 11.3. The third-order valence-corrected chi connectivity index (χ3v) is 4.30. The average molecular weight is 309 g/mol. The Morgan fingerprint density at radius 2 is 1.78 bits per heavy atom. The third-order valence-electron chi connectivity index (χ3n) is 4.30. The number of rotatable bonds is 5. The van der Waals surface area contributed by atoms with E-state index in [-0.39, 0.29) is 5.91 Å². The number of hydrogen-bond donors (Lipinski definition) is 1. The Hall–Kier alpha value is -2.29. The highest BCUT2D eigenvalue weighted by molar-refractivity contribution is 5.94. The van der Waals surface area contributed by atoms with Gasteiger partial charge in [-0.3, -0.25) is 4.79 Å². The minimum atomic E-state index is -0.00717. The van der Waals surface area contributed by atoms with Crippen LogP contribution in [0.4, 0.5) is 0 Å². The Bertz CT molecular complexity index is 677. The van der Waals surface area contributed by atoms with Crippen LogP contribution >= 0.6 is 0 Å². The Kier molecular flexibility index (Phi) is 4.96. The van der Waals surface area contributed by atoms with Crippen LogP contribution in [0.25, 0.3) is 0 Å². The summed E-state index contributed by atoms with van der Waals surface area (Å²) in [5.41, 5.74) is 4.57. The molecule has 0 spiro atoms. The van der Waals surface area contributed by atoms with E-state index in [0.717, 1.165) is 29.7 Å². The molecular weight excluding hydrogens is 286 g/mol. The van der Waals surface area contributed by atoms with Gasteiger partial charge in [-0.25, -0.2) is 0 Å². The van der Waals surface area contributed by atoms with Crippen molar-refractivity contribution in [3.05, 3.63) is 64.7 Å². The second-order valence-corrected chi connectivity index (χ2v) is 5.95. The number of amides is 1. The minimum absolute atomic E-state index is 0.00717. The molecule has 120 valence electrons. The number of ether oxygens (including phenoxy) is 1. The summed E-state index contributed by atoms with van der Waals surface area (Å²) in [6.45, 7) is 3.16. The number of carbonyl (C=O) groups is 1. The highest BCUT2D eigenvalue weighted by Gasteiger charge is 2.12. The lowest BCUT2D eigenvalue weighted by atomic mass is 9.90. The molecule has 1 aliphatic carbocycles. The Balaban J connectivity index is 1.60. The molecule has 0 unspecified atom stereocenters. The molecular formula is C20H23NO2. The normalized spacial score (nSPS) is 13.3. The molecule has 3 nitrogen and oxygen atoms in total.